The normalized spacial score (nSPS) is 13.1. The monoisotopic (exact) mass is 199 g/mol. The predicted octanol–water partition coefficient (Wildman–Crippen LogP) is 4.11. The van der Waals surface area contributed by atoms with E-state index in [0.29, 0.717) is 0 Å². The van der Waals surface area contributed by atoms with Gasteiger partial charge in [0.2, 0.25) is 0 Å². The minimum atomic E-state index is 0.877. The highest BCUT2D eigenvalue weighted by molar-refractivity contribution is 4.60. The van der Waals surface area contributed by atoms with E-state index in [1.807, 2.05) is 0 Å². The van der Waals surface area contributed by atoms with Crippen LogP contribution in [0.5, 0.6) is 0 Å². The fourth-order valence-electron chi connectivity index (χ4n) is 2.02. The molecular formula is C13H29N. The number of hydrogen-bond acceptors (Lipinski definition) is 1. The lowest BCUT2D eigenvalue weighted by Gasteiger charge is -2.15. The molecule has 1 unspecified atom stereocenters. The van der Waals surface area contributed by atoms with E-state index in [1.165, 1.54) is 57.8 Å². The first-order valence-electron chi connectivity index (χ1n) is 6.55. The van der Waals surface area contributed by atoms with Gasteiger partial charge in [0.25, 0.3) is 0 Å². The summed E-state index contributed by atoms with van der Waals surface area (Å²) in [5.74, 6) is 0.914. The molecule has 14 heavy (non-hydrogen) atoms. The van der Waals surface area contributed by atoms with Gasteiger partial charge in [-0.2, -0.15) is 0 Å². The molecule has 0 spiro atoms. The van der Waals surface area contributed by atoms with Crippen molar-refractivity contribution in [1.82, 2.24) is 0 Å². The average molecular weight is 199 g/mol. The van der Waals surface area contributed by atoms with Crippen molar-refractivity contribution in [2.45, 2.75) is 71.6 Å². The molecule has 0 aromatic carbocycles. The second kappa shape index (κ2) is 11.0. The zero-order chi connectivity index (χ0) is 10.6. The van der Waals surface area contributed by atoms with Crippen molar-refractivity contribution >= 4 is 0 Å². The summed E-state index contributed by atoms with van der Waals surface area (Å²) in [5.41, 5.74) is 5.63. The van der Waals surface area contributed by atoms with E-state index in [0.717, 1.165) is 12.5 Å². The maximum atomic E-state index is 5.63. The number of nitrogens with two attached hydrogens (primary N) is 1. The van der Waals surface area contributed by atoms with Crippen molar-refractivity contribution < 1.29 is 0 Å². The van der Waals surface area contributed by atoms with Crippen LogP contribution in [0.1, 0.15) is 71.6 Å². The van der Waals surface area contributed by atoms with E-state index < -0.39 is 0 Å². The lowest BCUT2D eigenvalue weighted by molar-refractivity contribution is 0.392. The topological polar surface area (TPSA) is 26.0 Å². The fourth-order valence-corrected chi connectivity index (χ4v) is 2.02. The van der Waals surface area contributed by atoms with Gasteiger partial charge in [0.05, 0.1) is 0 Å². The van der Waals surface area contributed by atoms with Crippen LogP contribution in [0.3, 0.4) is 0 Å². The summed E-state index contributed by atoms with van der Waals surface area (Å²) in [7, 11) is 0. The summed E-state index contributed by atoms with van der Waals surface area (Å²) >= 11 is 0. The molecule has 1 nitrogen and oxygen atoms in total. The van der Waals surface area contributed by atoms with Crippen LogP contribution < -0.4 is 5.73 Å². The fraction of sp³-hybridized carbons (Fsp3) is 1.00. The molecule has 1 atom stereocenters. The average Bonchev–Trinajstić information content (AvgIpc) is 2.20. The minimum Gasteiger partial charge on any atom is -0.330 e. The third-order valence-corrected chi connectivity index (χ3v) is 3.01. The molecule has 0 saturated heterocycles. The van der Waals surface area contributed by atoms with Crippen LogP contribution >= 0.6 is 0 Å². The Hall–Kier alpha value is -0.0400. The van der Waals surface area contributed by atoms with Crippen LogP contribution in [0.2, 0.25) is 0 Å². The second-order valence-electron chi connectivity index (χ2n) is 4.43. The molecule has 0 aliphatic carbocycles. The summed E-state index contributed by atoms with van der Waals surface area (Å²) in [4.78, 5) is 0. The smallest absolute Gasteiger partial charge is 0.00746 e. The first-order valence-corrected chi connectivity index (χ1v) is 6.55. The Bertz CT molecular complexity index is 101. The Labute approximate surface area is 90.5 Å². The summed E-state index contributed by atoms with van der Waals surface area (Å²) < 4.78 is 0. The van der Waals surface area contributed by atoms with E-state index >= 15 is 0 Å². The van der Waals surface area contributed by atoms with Gasteiger partial charge in [-0.15, -0.1) is 0 Å². The van der Waals surface area contributed by atoms with Crippen LogP contribution in [-0.2, 0) is 0 Å². The Balaban J connectivity index is 3.40. The van der Waals surface area contributed by atoms with Crippen molar-refractivity contribution in [3.05, 3.63) is 0 Å². The van der Waals surface area contributed by atoms with Gasteiger partial charge in [0, 0.05) is 0 Å². The molecule has 0 rings (SSSR count). The molecule has 0 aliphatic rings. The van der Waals surface area contributed by atoms with Gasteiger partial charge in [-0.1, -0.05) is 65.2 Å². The molecule has 0 heterocycles. The van der Waals surface area contributed by atoms with Gasteiger partial charge < -0.3 is 5.73 Å². The van der Waals surface area contributed by atoms with Crippen LogP contribution in [0.4, 0.5) is 0 Å². The minimum absolute atomic E-state index is 0.877. The molecule has 0 aliphatic heterocycles. The molecule has 2 N–H and O–H groups in total. The zero-order valence-electron chi connectivity index (χ0n) is 10.2. The molecule has 0 amide bonds. The summed E-state index contributed by atoms with van der Waals surface area (Å²) in [6, 6.07) is 0. The van der Waals surface area contributed by atoms with Gasteiger partial charge in [0.15, 0.2) is 0 Å². The zero-order valence-corrected chi connectivity index (χ0v) is 10.2. The summed E-state index contributed by atoms with van der Waals surface area (Å²) in [5, 5.41) is 0. The lowest BCUT2D eigenvalue weighted by Crippen LogP contribution is -2.09. The van der Waals surface area contributed by atoms with Crippen LogP contribution in [0.25, 0.3) is 0 Å². The van der Waals surface area contributed by atoms with Crippen LogP contribution in [-0.4, -0.2) is 6.54 Å². The highest BCUT2D eigenvalue weighted by atomic mass is 14.5. The molecule has 1 heteroatoms. The SMILES string of the molecule is CCCCCCC(CCN)CCCC. The van der Waals surface area contributed by atoms with Crippen molar-refractivity contribution in [1.29, 1.82) is 0 Å². The third kappa shape index (κ3) is 8.55. The third-order valence-electron chi connectivity index (χ3n) is 3.01. The van der Waals surface area contributed by atoms with Gasteiger partial charge >= 0.3 is 0 Å². The molecule has 0 bridgehead atoms. The summed E-state index contributed by atoms with van der Waals surface area (Å²) in [6.07, 6.45) is 12.4. The van der Waals surface area contributed by atoms with E-state index in [2.05, 4.69) is 13.8 Å². The van der Waals surface area contributed by atoms with E-state index in [-0.39, 0.29) is 0 Å². The van der Waals surface area contributed by atoms with Crippen LogP contribution in [0.15, 0.2) is 0 Å². The van der Waals surface area contributed by atoms with Crippen molar-refractivity contribution in [2.75, 3.05) is 6.54 Å². The Kier molecular flexibility index (Phi) is 11.0. The maximum absolute atomic E-state index is 5.63. The van der Waals surface area contributed by atoms with Crippen molar-refractivity contribution in [2.24, 2.45) is 11.7 Å². The molecule has 0 aromatic rings. The quantitative estimate of drug-likeness (QED) is 0.526. The van der Waals surface area contributed by atoms with Crippen LogP contribution in [0, 0.1) is 5.92 Å². The molecule has 86 valence electrons. The summed E-state index contributed by atoms with van der Waals surface area (Å²) in [6.45, 7) is 5.42. The van der Waals surface area contributed by atoms with Gasteiger partial charge in [-0.05, 0) is 18.9 Å². The Morgan fingerprint density at radius 1 is 0.786 bits per heavy atom. The molecule has 0 radical (unpaired) electrons. The Morgan fingerprint density at radius 3 is 2.00 bits per heavy atom. The van der Waals surface area contributed by atoms with Crippen molar-refractivity contribution in [3.63, 3.8) is 0 Å². The van der Waals surface area contributed by atoms with Gasteiger partial charge in [-0.3, -0.25) is 0 Å². The van der Waals surface area contributed by atoms with E-state index in [4.69, 9.17) is 5.73 Å². The standard InChI is InChI=1S/C13H29N/c1-3-5-7-8-10-13(11-12-14)9-6-4-2/h13H,3-12,14H2,1-2H3. The van der Waals surface area contributed by atoms with E-state index in [9.17, 15) is 0 Å². The van der Waals surface area contributed by atoms with E-state index in [1.54, 1.807) is 0 Å². The first kappa shape index (κ1) is 14.0. The first-order chi connectivity index (χ1) is 6.85. The number of unbranched alkanes of at least 4 members (excludes halogenated alkanes) is 4. The maximum Gasteiger partial charge on any atom is -0.00746 e. The molecule has 0 fully saturated rings. The van der Waals surface area contributed by atoms with Crippen molar-refractivity contribution in [3.8, 4) is 0 Å². The number of hydrogen-bond donors (Lipinski definition) is 1. The second-order valence-corrected chi connectivity index (χ2v) is 4.43. The Morgan fingerprint density at radius 2 is 1.43 bits per heavy atom. The number of rotatable bonds is 10. The molecular weight excluding hydrogens is 170 g/mol. The molecule has 0 aromatic heterocycles. The van der Waals surface area contributed by atoms with Gasteiger partial charge in [-0.25, -0.2) is 0 Å². The highest BCUT2D eigenvalue weighted by Gasteiger charge is 2.06. The largest absolute Gasteiger partial charge is 0.330 e. The predicted molar refractivity (Wildman–Crippen MR) is 65.4 cm³/mol. The lowest BCUT2D eigenvalue weighted by atomic mass is 9.92. The molecule has 0 saturated carbocycles. The van der Waals surface area contributed by atoms with Gasteiger partial charge in [0.1, 0.15) is 0 Å². The highest BCUT2D eigenvalue weighted by Crippen LogP contribution is 2.19.